The topological polar surface area (TPSA) is 106 Å². The normalized spacial score (nSPS) is 11.6. The van der Waals surface area contributed by atoms with Crippen molar-refractivity contribution in [2.24, 2.45) is 0 Å². The molecule has 8 heteroatoms. The summed E-state index contributed by atoms with van der Waals surface area (Å²) in [6.45, 7) is 1.53. The van der Waals surface area contributed by atoms with Gasteiger partial charge in [-0.1, -0.05) is 18.2 Å². The van der Waals surface area contributed by atoms with E-state index in [1.807, 2.05) is 0 Å². The van der Waals surface area contributed by atoms with Gasteiger partial charge in [-0.05, 0) is 24.6 Å². The van der Waals surface area contributed by atoms with Crippen molar-refractivity contribution in [2.75, 3.05) is 7.11 Å². The molecule has 0 saturated carbocycles. The van der Waals surface area contributed by atoms with E-state index in [0.717, 1.165) is 0 Å². The van der Waals surface area contributed by atoms with Crippen LogP contribution in [0.15, 0.2) is 39.6 Å². The SMILES string of the molecule is COCc1ccccc1S(=O)(=O)NCc1cc(C(=O)O)c(C)o1. The molecule has 0 aliphatic rings. The first-order valence-electron chi connectivity index (χ1n) is 6.74. The number of hydrogen-bond donors (Lipinski definition) is 2. The molecule has 1 aromatic carbocycles. The van der Waals surface area contributed by atoms with Gasteiger partial charge in [0.1, 0.15) is 17.1 Å². The van der Waals surface area contributed by atoms with Crippen LogP contribution in [-0.4, -0.2) is 26.6 Å². The molecule has 23 heavy (non-hydrogen) atoms. The quantitative estimate of drug-likeness (QED) is 0.798. The molecule has 0 radical (unpaired) electrons. The van der Waals surface area contributed by atoms with Crippen molar-refractivity contribution >= 4 is 16.0 Å². The predicted octanol–water partition coefficient (Wildman–Crippen LogP) is 1.91. The molecule has 0 aliphatic carbocycles. The van der Waals surface area contributed by atoms with Crippen LogP contribution in [0.5, 0.6) is 0 Å². The van der Waals surface area contributed by atoms with Gasteiger partial charge in [0, 0.05) is 7.11 Å². The molecule has 1 aromatic heterocycles. The van der Waals surface area contributed by atoms with Crippen LogP contribution in [0.25, 0.3) is 0 Å². The van der Waals surface area contributed by atoms with E-state index in [-0.39, 0.29) is 35.1 Å². The summed E-state index contributed by atoms with van der Waals surface area (Å²) in [5.74, 6) is -0.662. The van der Waals surface area contributed by atoms with Crippen molar-refractivity contribution in [3.63, 3.8) is 0 Å². The zero-order valence-corrected chi connectivity index (χ0v) is 13.5. The maximum absolute atomic E-state index is 12.4. The summed E-state index contributed by atoms with van der Waals surface area (Å²) in [4.78, 5) is 11.1. The molecule has 0 spiro atoms. The molecular formula is C15H17NO6S. The third-order valence-corrected chi connectivity index (χ3v) is 4.70. The highest BCUT2D eigenvalue weighted by Gasteiger charge is 2.20. The van der Waals surface area contributed by atoms with Gasteiger partial charge >= 0.3 is 5.97 Å². The minimum Gasteiger partial charge on any atom is -0.478 e. The summed E-state index contributed by atoms with van der Waals surface area (Å²) in [5.41, 5.74) is 0.545. The summed E-state index contributed by atoms with van der Waals surface area (Å²) >= 11 is 0. The first kappa shape index (κ1) is 17.2. The zero-order chi connectivity index (χ0) is 17.0. The van der Waals surface area contributed by atoms with E-state index in [9.17, 15) is 13.2 Å². The lowest BCUT2D eigenvalue weighted by Crippen LogP contribution is -2.24. The van der Waals surface area contributed by atoms with Crippen molar-refractivity contribution in [1.82, 2.24) is 4.72 Å². The Labute approximate surface area is 133 Å². The molecule has 0 amide bonds. The first-order chi connectivity index (χ1) is 10.8. The second-order valence-corrected chi connectivity index (χ2v) is 6.59. The third-order valence-electron chi connectivity index (χ3n) is 3.20. The third kappa shape index (κ3) is 3.98. The van der Waals surface area contributed by atoms with Crippen molar-refractivity contribution in [1.29, 1.82) is 0 Å². The molecule has 0 atom stereocenters. The number of aromatic carboxylic acids is 1. The number of sulfonamides is 1. The first-order valence-corrected chi connectivity index (χ1v) is 8.22. The monoisotopic (exact) mass is 339 g/mol. The lowest BCUT2D eigenvalue weighted by Gasteiger charge is -2.10. The maximum Gasteiger partial charge on any atom is 0.339 e. The summed E-state index contributed by atoms with van der Waals surface area (Å²) < 4.78 is 37.5. The fraction of sp³-hybridized carbons (Fsp3) is 0.267. The van der Waals surface area contributed by atoms with Crippen molar-refractivity contribution in [3.8, 4) is 0 Å². The smallest absolute Gasteiger partial charge is 0.339 e. The fourth-order valence-electron chi connectivity index (χ4n) is 2.13. The van der Waals surface area contributed by atoms with Gasteiger partial charge in [0.25, 0.3) is 0 Å². The number of rotatable bonds is 7. The average Bonchev–Trinajstić information content (AvgIpc) is 2.87. The Balaban J connectivity index is 2.19. The van der Waals surface area contributed by atoms with Crippen molar-refractivity contribution < 1.29 is 27.5 Å². The van der Waals surface area contributed by atoms with E-state index in [1.165, 1.54) is 26.2 Å². The maximum atomic E-state index is 12.4. The van der Waals surface area contributed by atoms with Gasteiger partial charge in [0.15, 0.2) is 0 Å². The summed E-state index contributed by atoms with van der Waals surface area (Å²) in [5, 5.41) is 8.97. The summed E-state index contributed by atoms with van der Waals surface area (Å²) in [6.07, 6.45) is 0. The van der Waals surface area contributed by atoms with Crippen LogP contribution >= 0.6 is 0 Å². The van der Waals surface area contributed by atoms with Gasteiger partial charge < -0.3 is 14.3 Å². The van der Waals surface area contributed by atoms with Crippen LogP contribution in [0, 0.1) is 6.92 Å². The highest BCUT2D eigenvalue weighted by atomic mass is 32.2. The predicted molar refractivity (Wildman–Crippen MR) is 81.6 cm³/mol. The highest BCUT2D eigenvalue weighted by Crippen LogP contribution is 2.18. The molecule has 0 unspecified atom stereocenters. The Kier molecular flexibility index (Phi) is 5.19. The Morgan fingerprint density at radius 2 is 2.04 bits per heavy atom. The summed E-state index contributed by atoms with van der Waals surface area (Å²) in [7, 11) is -2.29. The van der Waals surface area contributed by atoms with Crippen molar-refractivity contribution in [2.45, 2.75) is 25.0 Å². The number of benzene rings is 1. The van der Waals surface area contributed by atoms with Crippen LogP contribution in [0.2, 0.25) is 0 Å². The van der Waals surface area contributed by atoms with Crippen LogP contribution in [-0.2, 0) is 27.9 Å². The number of methoxy groups -OCH3 is 1. The Hall–Kier alpha value is -2.16. The van der Waals surface area contributed by atoms with Gasteiger partial charge in [-0.15, -0.1) is 0 Å². The molecule has 1 heterocycles. The second-order valence-electron chi connectivity index (χ2n) is 4.85. The lowest BCUT2D eigenvalue weighted by molar-refractivity contribution is 0.0695. The molecule has 0 saturated heterocycles. The van der Waals surface area contributed by atoms with E-state index < -0.39 is 16.0 Å². The number of carboxylic acid groups (broad SMARTS) is 1. The fourth-order valence-corrected chi connectivity index (χ4v) is 3.35. The van der Waals surface area contributed by atoms with Gasteiger partial charge in [0.05, 0.1) is 18.0 Å². The zero-order valence-electron chi connectivity index (χ0n) is 12.7. The van der Waals surface area contributed by atoms with Crippen molar-refractivity contribution in [3.05, 3.63) is 53.0 Å². The van der Waals surface area contributed by atoms with Crippen LogP contribution in [0.3, 0.4) is 0 Å². The number of aryl methyl sites for hydroxylation is 1. The van der Waals surface area contributed by atoms with E-state index >= 15 is 0 Å². The highest BCUT2D eigenvalue weighted by molar-refractivity contribution is 7.89. The lowest BCUT2D eigenvalue weighted by atomic mass is 10.2. The van der Waals surface area contributed by atoms with E-state index in [0.29, 0.717) is 5.56 Å². The van der Waals surface area contributed by atoms with Gasteiger partial charge in [-0.25, -0.2) is 17.9 Å². The molecule has 0 fully saturated rings. The van der Waals surface area contributed by atoms with Crippen LogP contribution in [0.1, 0.15) is 27.4 Å². The molecule has 7 nitrogen and oxygen atoms in total. The standard InChI is InChI=1S/C15H17NO6S/c1-10-13(15(17)18)7-12(22-10)8-16-23(19,20)14-6-4-3-5-11(14)9-21-2/h3-7,16H,8-9H2,1-2H3,(H,17,18). The Morgan fingerprint density at radius 1 is 1.35 bits per heavy atom. The minimum atomic E-state index is -3.77. The minimum absolute atomic E-state index is 0.0129. The summed E-state index contributed by atoms with van der Waals surface area (Å²) in [6, 6.07) is 7.79. The number of nitrogens with one attached hydrogen (secondary N) is 1. The largest absolute Gasteiger partial charge is 0.478 e. The molecule has 2 N–H and O–H groups in total. The second kappa shape index (κ2) is 6.95. The number of hydrogen-bond acceptors (Lipinski definition) is 5. The average molecular weight is 339 g/mol. The Morgan fingerprint density at radius 3 is 2.65 bits per heavy atom. The van der Waals surface area contributed by atoms with E-state index in [2.05, 4.69) is 4.72 Å². The molecule has 124 valence electrons. The number of ether oxygens (including phenoxy) is 1. The van der Waals surface area contributed by atoms with Crippen LogP contribution < -0.4 is 4.72 Å². The Bertz CT molecular complexity index is 809. The molecule has 0 aliphatic heterocycles. The van der Waals surface area contributed by atoms with E-state index in [1.54, 1.807) is 18.2 Å². The molecule has 2 rings (SSSR count). The molecular weight excluding hydrogens is 322 g/mol. The van der Waals surface area contributed by atoms with Crippen LogP contribution in [0.4, 0.5) is 0 Å². The van der Waals surface area contributed by atoms with E-state index in [4.69, 9.17) is 14.3 Å². The number of carboxylic acids is 1. The molecule has 2 aromatic rings. The van der Waals surface area contributed by atoms with Gasteiger partial charge in [0.2, 0.25) is 10.0 Å². The van der Waals surface area contributed by atoms with Gasteiger partial charge in [-0.3, -0.25) is 0 Å². The molecule has 0 bridgehead atoms. The number of carbonyl (C=O) groups is 1. The number of furan rings is 1. The van der Waals surface area contributed by atoms with Gasteiger partial charge in [-0.2, -0.15) is 0 Å².